The van der Waals surface area contributed by atoms with Crippen LogP contribution in [0.1, 0.15) is 40.8 Å². The van der Waals surface area contributed by atoms with Gasteiger partial charge in [0.1, 0.15) is 17.8 Å². The lowest BCUT2D eigenvalue weighted by Crippen LogP contribution is -2.37. The predicted octanol–water partition coefficient (Wildman–Crippen LogP) is 1.55. The van der Waals surface area contributed by atoms with Crippen LogP contribution in [0.2, 0.25) is 0 Å². The molecular weight excluding hydrogens is 318 g/mol. The Balaban J connectivity index is 1.66. The monoisotopic (exact) mass is 341 g/mol. The van der Waals surface area contributed by atoms with Crippen molar-refractivity contribution in [3.8, 4) is 0 Å². The van der Waals surface area contributed by atoms with Gasteiger partial charge >= 0.3 is 0 Å². The summed E-state index contributed by atoms with van der Waals surface area (Å²) in [7, 11) is 1.97. The van der Waals surface area contributed by atoms with Gasteiger partial charge in [-0.3, -0.25) is 4.79 Å². The first-order chi connectivity index (χ1) is 12.1. The van der Waals surface area contributed by atoms with E-state index in [1.165, 1.54) is 0 Å². The van der Waals surface area contributed by atoms with Gasteiger partial charge in [-0.25, -0.2) is 4.98 Å². The van der Waals surface area contributed by atoms with E-state index in [9.17, 15) is 4.79 Å². The molecule has 0 bridgehead atoms. The van der Waals surface area contributed by atoms with Gasteiger partial charge in [-0.05, 0) is 31.9 Å². The number of carbonyl (C=O) groups is 1. The lowest BCUT2D eigenvalue weighted by molar-refractivity contribution is 0.0108. The molecule has 4 rings (SSSR count). The van der Waals surface area contributed by atoms with Gasteiger partial charge < -0.3 is 14.2 Å². The van der Waals surface area contributed by atoms with E-state index >= 15 is 0 Å². The van der Waals surface area contributed by atoms with Crippen molar-refractivity contribution >= 4 is 5.91 Å². The van der Waals surface area contributed by atoms with Gasteiger partial charge in [-0.1, -0.05) is 6.07 Å². The Kier molecular flexibility index (Phi) is 4.03. The SMILES string of the molecule is Cc1cccc(C(=O)N2CC(c3nncn3C)C3(CCOCC3)C2)n1. The molecule has 7 nitrogen and oxygen atoms in total. The highest BCUT2D eigenvalue weighted by molar-refractivity contribution is 5.92. The first-order valence-electron chi connectivity index (χ1n) is 8.74. The third kappa shape index (κ3) is 2.82. The Hall–Kier alpha value is -2.28. The smallest absolute Gasteiger partial charge is 0.272 e. The van der Waals surface area contributed by atoms with Crippen LogP contribution < -0.4 is 0 Å². The van der Waals surface area contributed by atoms with Crippen LogP contribution in [-0.2, 0) is 11.8 Å². The van der Waals surface area contributed by atoms with Crippen LogP contribution in [0.5, 0.6) is 0 Å². The van der Waals surface area contributed by atoms with Crippen molar-refractivity contribution in [2.75, 3.05) is 26.3 Å². The number of rotatable bonds is 2. The average Bonchev–Trinajstić information content (AvgIpc) is 3.18. The largest absolute Gasteiger partial charge is 0.381 e. The van der Waals surface area contributed by atoms with Gasteiger partial charge in [0, 0.05) is 50.4 Å². The van der Waals surface area contributed by atoms with Crippen molar-refractivity contribution in [1.82, 2.24) is 24.6 Å². The van der Waals surface area contributed by atoms with Crippen LogP contribution in [0.4, 0.5) is 0 Å². The maximum absolute atomic E-state index is 13.0. The second kappa shape index (κ2) is 6.22. The zero-order valence-electron chi connectivity index (χ0n) is 14.7. The molecule has 0 radical (unpaired) electrons. The van der Waals surface area contributed by atoms with Crippen molar-refractivity contribution in [3.63, 3.8) is 0 Å². The van der Waals surface area contributed by atoms with Crippen LogP contribution in [0.25, 0.3) is 0 Å². The van der Waals surface area contributed by atoms with Gasteiger partial charge in [-0.15, -0.1) is 10.2 Å². The average molecular weight is 341 g/mol. The van der Waals surface area contributed by atoms with Crippen molar-refractivity contribution in [2.45, 2.75) is 25.7 Å². The minimum absolute atomic E-state index is 0.000708. The van der Waals surface area contributed by atoms with Gasteiger partial charge in [0.15, 0.2) is 0 Å². The Labute approximate surface area is 147 Å². The molecule has 1 unspecified atom stereocenters. The molecule has 2 fully saturated rings. The summed E-state index contributed by atoms with van der Waals surface area (Å²) >= 11 is 0. The van der Waals surface area contributed by atoms with E-state index in [0.29, 0.717) is 12.2 Å². The molecule has 25 heavy (non-hydrogen) atoms. The fraction of sp³-hybridized carbons (Fsp3) is 0.556. The Morgan fingerprint density at radius 1 is 1.32 bits per heavy atom. The van der Waals surface area contributed by atoms with Crippen LogP contribution in [0.15, 0.2) is 24.5 Å². The Bertz CT molecular complexity index is 781. The van der Waals surface area contributed by atoms with E-state index in [1.54, 1.807) is 12.4 Å². The van der Waals surface area contributed by atoms with Crippen LogP contribution >= 0.6 is 0 Å². The molecule has 2 saturated heterocycles. The number of carbonyl (C=O) groups excluding carboxylic acids is 1. The molecule has 2 aromatic rings. The second-order valence-corrected chi connectivity index (χ2v) is 7.18. The van der Waals surface area contributed by atoms with Crippen LogP contribution in [0.3, 0.4) is 0 Å². The van der Waals surface area contributed by atoms with E-state index in [4.69, 9.17) is 4.74 Å². The maximum atomic E-state index is 13.0. The number of ether oxygens (including phenoxy) is 1. The van der Waals surface area contributed by atoms with E-state index in [2.05, 4.69) is 15.2 Å². The summed E-state index contributed by atoms with van der Waals surface area (Å²) in [6, 6.07) is 5.58. The highest BCUT2D eigenvalue weighted by atomic mass is 16.5. The molecule has 4 heterocycles. The van der Waals surface area contributed by atoms with Crippen LogP contribution in [-0.4, -0.2) is 56.9 Å². The highest BCUT2D eigenvalue weighted by Crippen LogP contribution is 2.49. The Morgan fingerprint density at radius 3 is 2.80 bits per heavy atom. The van der Waals surface area contributed by atoms with E-state index in [1.807, 2.05) is 35.6 Å². The van der Waals surface area contributed by atoms with Crippen LogP contribution in [0, 0.1) is 12.3 Å². The molecule has 1 spiro atoms. The fourth-order valence-electron chi connectivity index (χ4n) is 4.20. The van der Waals surface area contributed by atoms with Crippen molar-refractivity contribution in [3.05, 3.63) is 41.7 Å². The number of aryl methyl sites for hydroxylation is 2. The van der Waals surface area contributed by atoms with Crippen molar-refractivity contribution in [2.24, 2.45) is 12.5 Å². The van der Waals surface area contributed by atoms with Crippen molar-refractivity contribution < 1.29 is 9.53 Å². The summed E-state index contributed by atoms with van der Waals surface area (Å²) < 4.78 is 7.56. The number of nitrogens with zero attached hydrogens (tertiary/aromatic N) is 5. The number of pyridine rings is 1. The second-order valence-electron chi connectivity index (χ2n) is 7.18. The normalized spacial score (nSPS) is 22.5. The molecule has 2 aromatic heterocycles. The first kappa shape index (κ1) is 16.2. The van der Waals surface area contributed by atoms with Gasteiger partial charge in [0.05, 0.1) is 0 Å². The molecule has 0 saturated carbocycles. The number of hydrogen-bond acceptors (Lipinski definition) is 5. The third-order valence-electron chi connectivity index (χ3n) is 5.59. The molecule has 1 atom stereocenters. The molecule has 132 valence electrons. The summed E-state index contributed by atoms with van der Waals surface area (Å²) in [5.74, 6) is 1.13. The fourth-order valence-corrected chi connectivity index (χ4v) is 4.20. The lowest BCUT2D eigenvalue weighted by Gasteiger charge is -2.37. The van der Waals surface area contributed by atoms with Gasteiger partial charge in [0.2, 0.25) is 0 Å². The number of aromatic nitrogens is 4. The third-order valence-corrected chi connectivity index (χ3v) is 5.59. The number of amides is 1. The highest BCUT2D eigenvalue weighted by Gasteiger charge is 2.51. The first-order valence-corrected chi connectivity index (χ1v) is 8.74. The summed E-state index contributed by atoms with van der Waals surface area (Å²) in [5.41, 5.74) is 1.38. The summed E-state index contributed by atoms with van der Waals surface area (Å²) in [6.07, 6.45) is 3.61. The summed E-state index contributed by atoms with van der Waals surface area (Å²) in [6.45, 7) is 4.75. The van der Waals surface area contributed by atoms with E-state index in [-0.39, 0.29) is 17.2 Å². The molecule has 1 amide bonds. The van der Waals surface area contributed by atoms with E-state index in [0.717, 1.165) is 44.1 Å². The lowest BCUT2D eigenvalue weighted by atomic mass is 9.72. The zero-order chi connectivity index (χ0) is 17.4. The molecule has 0 aliphatic carbocycles. The number of hydrogen-bond donors (Lipinski definition) is 0. The van der Waals surface area contributed by atoms with E-state index < -0.39 is 0 Å². The standard InChI is InChI=1S/C18H23N5O2/c1-13-4-3-5-15(20-13)17(24)23-10-14(16-21-19-12-22(16)2)18(11-23)6-8-25-9-7-18/h3-5,12,14H,6-11H2,1-2H3. The molecule has 0 N–H and O–H groups in total. The minimum atomic E-state index is -0.000708. The number of likely N-dealkylation sites (tertiary alicyclic amines) is 1. The zero-order valence-corrected chi connectivity index (χ0v) is 14.7. The molecular formula is C18H23N5O2. The Morgan fingerprint density at radius 2 is 2.12 bits per heavy atom. The molecule has 7 heteroatoms. The molecule has 2 aliphatic rings. The van der Waals surface area contributed by atoms with Crippen molar-refractivity contribution in [1.29, 1.82) is 0 Å². The predicted molar refractivity (Wildman–Crippen MR) is 91.1 cm³/mol. The minimum Gasteiger partial charge on any atom is -0.381 e. The maximum Gasteiger partial charge on any atom is 0.272 e. The summed E-state index contributed by atoms with van der Waals surface area (Å²) in [4.78, 5) is 19.4. The quantitative estimate of drug-likeness (QED) is 0.829. The topological polar surface area (TPSA) is 73.1 Å². The molecule has 0 aromatic carbocycles. The summed E-state index contributed by atoms with van der Waals surface area (Å²) in [5, 5.41) is 8.40. The van der Waals surface area contributed by atoms with Gasteiger partial charge in [0.25, 0.3) is 5.91 Å². The molecule has 2 aliphatic heterocycles. The van der Waals surface area contributed by atoms with Gasteiger partial charge in [-0.2, -0.15) is 0 Å².